The molecule has 3 aromatic rings. The number of ketones is 1. The Bertz CT molecular complexity index is 1280. The lowest BCUT2D eigenvalue weighted by atomic mass is 9.85. The number of rotatable bonds is 8. The molecule has 0 bridgehead atoms. The molecule has 190 valence electrons. The summed E-state index contributed by atoms with van der Waals surface area (Å²) in [5.74, 6) is 0.740. The van der Waals surface area contributed by atoms with Gasteiger partial charge in [-0.3, -0.25) is 9.78 Å². The molecule has 3 N–H and O–H groups in total. The van der Waals surface area contributed by atoms with E-state index in [0.29, 0.717) is 23.1 Å². The van der Waals surface area contributed by atoms with Crippen LogP contribution in [-0.4, -0.2) is 52.6 Å². The van der Waals surface area contributed by atoms with E-state index < -0.39 is 0 Å². The summed E-state index contributed by atoms with van der Waals surface area (Å²) >= 11 is 6.24. The first kappa shape index (κ1) is 25.0. The number of hydrogen-bond acceptors (Lipinski definition) is 6. The quantitative estimate of drug-likeness (QED) is 0.330. The number of aromatic hydroxyl groups is 1. The second-order valence-electron chi connectivity index (χ2n) is 10.6. The van der Waals surface area contributed by atoms with Crippen molar-refractivity contribution in [2.45, 2.75) is 51.2 Å². The minimum atomic E-state index is -0.308. The summed E-state index contributed by atoms with van der Waals surface area (Å²) in [5.41, 5.74) is 4.39. The van der Waals surface area contributed by atoms with Crippen molar-refractivity contribution < 1.29 is 15.0 Å². The molecule has 0 atom stereocenters. The van der Waals surface area contributed by atoms with Gasteiger partial charge in [0.15, 0.2) is 5.78 Å². The SMILES string of the molecule is CN(C)C1CCC(CNc2c(C(=O)C3CC3)cnc3ccc(-c4cc(Cl)c(O)c(CO)c4)cc23)CC1. The fourth-order valence-corrected chi connectivity index (χ4v) is 5.61. The number of Topliss-reactive ketones (excluding diaryl/α,β-unsaturated/α-hetero) is 1. The van der Waals surface area contributed by atoms with Crippen molar-refractivity contribution in [1.82, 2.24) is 9.88 Å². The van der Waals surface area contributed by atoms with E-state index >= 15 is 0 Å². The van der Waals surface area contributed by atoms with Crippen molar-refractivity contribution in [3.63, 3.8) is 0 Å². The summed E-state index contributed by atoms with van der Waals surface area (Å²) in [4.78, 5) is 20.2. The van der Waals surface area contributed by atoms with Crippen molar-refractivity contribution in [3.05, 3.63) is 52.7 Å². The summed E-state index contributed by atoms with van der Waals surface area (Å²) < 4.78 is 0. The number of carbonyl (C=O) groups excluding carboxylic acids is 1. The Labute approximate surface area is 217 Å². The average Bonchev–Trinajstić information content (AvgIpc) is 3.74. The molecule has 2 aromatic carbocycles. The molecule has 0 spiro atoms. The normalized spacial score (nSPS) is 20.1. The Morgan fingerprint density at radius 2 is 1.83 bits per heavy atom. The van der Waals surface area contributed by atoms with Crippen LogP contribution >= 0.6 is 11.6 Å². The van der Waals surface area contributed by atoms with Crippen LogP contribution in [0.5, 0.6) is 5.75 Å². The molecule has 0 radical (unpaired) electrons. The van der Waals surface area contributed by atoms with Crippen molar-refractivity contribution in [3.8, 4) is 16.9 Å². The van der Waals surface area contributed by atoms with Gasteiger partial charge < -0.3 is 20.4 Å². The first-order valence-electron chi connectivity index (χ1n) is 12.9. The van der Waals surface area contributed by atoms with Gasteiger partial charge >= 0.3 is 0 Å². The Kier molecular flexibility index (Phi) is 7.20. The number of anilines is 1. The Morgan fingerprint density at radius 1 is 1.08 bits per heavy atom. The maximum Gasteiger partial charge on any atom is 0.169 e. The lowest BCUT2D eigenvalue weighted by Crippen LogP contribution is -2.33. The van der Waals surface area contributed by atoms with Gasteiger partial charge in [0, 0.05) is 35.7 Å². The van der Waals surface area contributed by atoms with Gasteiger partial charge in [-0.2, -0.15) is 0 Å². The number of nitrogens with zero attached hydrogens (tertiary/aromatic N) is 2. The van der Waals surface area contributed by atoms with Crippen LogP contribution in [-0.2, 0) is 6.61 Å². The van der Waals surface area contributed by atoms with E-state index in [9.17, 15) is 15.0 Å². The molecule has 6 nitrogen and oxygen atoms in total. The highest BCUT2D eigenvalue weighted by Gasteiger charge is 2.33. The molecule has 2 saturated carbocycles. The summed E-state index contributed by atoms with van der Waals surface area (Å²) in [6, 6.07) is 10.0. The van der Waals surface area contributed by atoms with E-state index in [0.717, 1.165) is 47.1 Å². The number of pyridine rings is 1. The second kappa shape index (κ2) is 10.4. The minimum absolute atomic E-state index is 0.103. The predicted octanol–water partition coefficient (Wildman–Crippen LogP) is 5.88. The second-order valence-corrected chi connectivity index (χ2v) is 11.0. The minimum Gasteiger partial charge on any atom is -0.506 e. The van der Waals surface area contributed by atoms with Crippen molar-refractivity contribution >= 4 is 34.0 Å². The van der Waals surface area contributed by atoms with Gasteiger partial charge in [0.2, 0.25) is 0 Å². The molecule has 0 unspecified atom stereocenters. The zero-order valence-electron chi connectivity index (χ0n) is 20.9. The average molecular weight is 508 g/mol. The van der Waals surface area contributed by atoms with Gasteiger partial charge in [-0.25, -0.2) is 0 Å². The van der Waals surface area contributed by atoms with Crippen LogP contribution < -0.4 is 5.32 Å². The third kappa shape index (κ3) is 5.08. The van der Waals surface area contributed by atoms with E-state index in [4.69, 9.17) is 11.6 Å². The molecule has 1 aromatic heterocycles. The van der Waals surface area contributed by atoms with E-state index in [1.54, 1.807) is 18.3 Å². The molecule has 2 aliphatic rings. The Balaban J connectivity index is 1.50. The maximum absolute atomic E-state index is 13.2. The Morgan fingerprint density at radius 3 is 2.50 bits per heavy atom. The van der Waals surface area contributed by atoms with Crippen LogP contribution in [0.1, 0.15) is 54.4 Å². The van der Waals surface area contributed by atoms with Gasteiger partial charge in [0.05, 0.1) is 28.4 Å². The molecule has 0 aliphatic heterocycles. The van der Waals surface area contributed by atoms with Crippen LogP contribution in [0.25, 0.3) is 22.0 Å². The number of aliphatic hydroxyl groups is 1. The summed E-state index contributed by atoms with van der Waals surface area (Å²) in [6.07, 6.45) is 8.36. The van der Waals surface area contributed by atoms with E-state index in [2.05, 4.69) is 29.3 Å². The van der Waals surface area contributed by atoms with Gasteiger partial charge in [-0.15, -0.1) is 0 Å². The molecule has 0 saturated heterocycles. The predicted molar refractivity (Wildman–Crippen MR) is 145 cm³/mol. The van der Waals surface area contributed by atoms with Gasteiger partial charge in [-0.05, 0) is 93.9 Å². The topological polar surface area (TPSA) is 85.7 Å². The number of halogens is 1. The molecule has 2 aliphatic carbocycles. The van der Waals surface area contributed by atoms with Crippen molar-refractivity contribution in [2.24, 2.45) is 11.8 Å². The fourth-order valence-electron chi connectivity index (χ4n) is 5.37. The number of fused-ring (bicyclic) bond motifs is 1. The summed E-state index contributed by atoms with van der Waals surface area (Å²) in [7, 11) is 4.31. The number of hydrogen-bond donors (Lipinski definition) is 3. The van der Waals surface area contributed by atoms with Crippen molar-refractivity contribution in [1.29, 1.82) is 0 Å². The maximum atomic E-state index is 13.2. The standard InChI is InChI=1S/C29H34ClN3O3/c1-33(2)22-8-3-17(4-9-22)14-32-27-23-12-19(20-11-21(16-34)29(36)25(30)13-20)7-10-26(23)31-15-24(27)28(35)18-5-6-18/h7,10-13,15,17-18,22,34,36H,3-6,8-9,14,16H2,1-2H3,(H,31,32). The van der Waals surface area contributed by atoms with Gasteiger partial charge in [-0.1, -0.05) is 17.7 Å². The monoisotopic (exact) mass is 507 g/mol. The fraction of sp³-hybridized carbons (Fsp3) is 0.448. The van der Waals surface area contributed by atoms with Gasteiger partial charge in [0.25, 0.3) is 0 Å². The molecule has 5 rings (SSSR count). The first-order valence-corrected chi connectivity index (χ1v) is 13.2. The first-order chi connectivity index (χ1) is 17.4. The van der Waals surface area contributed by atoms with Crippen LogP contribution in [0.3, 0.4) is 0 Å². The Hall–Kier alpha value is -2.67. The van der Waals surface area contributed by atoms with Crippen LogP contribution in [0, 0.1) is 11.8 Å². The summed E-state index contributed by atoms with van der Waals surface area (Å²) in [6.45, 7) is 0.519. The van der Waals surface area contributed by atoms with E-state index in [1.807, 2.05) is 18.2 Å². The zero-order chi connectivity index (χ0) is 25.4. The molecule has 0 amide bonds. The lowest BCUT2D eigenvalue weighted by molar-refractivity contribution is 0.0968. The van der Waals surface area contributed by atoms with E-state index in [1.165, 1.54) is 25.7 Å². The molecule has 36 heavy (non-hydrogen) atoms. The lowest BCUT2D eigenvalue weighted by Gasteiger charge is -2.33. The third-order valence-electron chi connectivity index (χ3n) is 7.84. The third-order valence-corrected chi connectivity index (χ3v) is 8.13. The number of nitrogens with one attached hydrogen (secondary N) is 1. The highest BCUT2D eigenvalue weighted by molar-refractivity contribution is 6.32. The molecule has 7 heteroatoms. The van der Waals surface area contributed by atoms with Crippen LogP contribution in [0.2, 0.25) is 5.02 Å². The number of carbonyl (C=O) groups is 1. The van der Waals surface area contributed by atoms with Crippen molar-refractivity contribution in [2.75, 3.05) is 26.0 Å². The molecular formula is C29H34ClN3O3. The van der Waals surface area contributed by atoms with Gasteiger partial charge in [0.1, 0.15) is 5.75 Å². The number of benzene rings is 2. The van der Waals surface area contributed by atoms with Crippen LogP contribution in [0.4, 0.5) is 5.69 Å². The number of phenols is 1. The number of aromatic nitrogens is 1. The molecular weight excluding hydrogens is 474 g/mol. The molecule has 2 fully saturated rings. The molecule has 1 heterocycles. The highest BCUT2D eigenvalue weighted by atomic mass is 35.5. The summed E-state index contributed by atoms with van der Waals surface area (Å²) in [5, 5.41) is 24.5. The smallest absolute Gasteiger partial charge is 0.169 e. The highest BCUT2D eigenvalue weighted by Crippen LogP contribution is 2.39. The van der Waals surface area contributed by atoms with E-state index in [-0.39, 0.29) is 29.1 Å². The number of aliphatic hydroxyl groups excluding tert-OH is 1. The largest absolute Gasteiger partial charge is 0.506 e. The van der Waals surface area contributed by atoms with Crippen LogP contribution in [0.15, 0.2) is 36.5 Å². The zero-order valence-corrected chi connectivity index (χ0v) is 21.7.